The first-order valence-corrected chi connectivity index (χ1v) is 8.30. The lowest BCUT2D eigenvalue weighted by Crippen LogP contribution is -2.24. The Bertz CT molecular complexity index is 676. The van der Waals surface area contributed by atoms with Gasteiger partial charge in [-0.25, -0.2) is 0 Å². The highest BCUT2D eigenvalue weighted by atomic mass is 35.5. The number of nitrogens with one attached hydrogen (secondary N) is 2. The maximum absolute atomic E-state index is 12.2. The molecule has 0 aliphatic heterocycles. The van der Waals surface area contributed by atoms with E-state index in [0.29, 0.717) is 17.3 Å². The van der Waals surface area contributed by atoms with Crippen LogP contribution in [0.2, 0.25) is 5.02 Å². The fourth-order valence-corrected chi connectivity index (χ4v) is 2.40. The molecule has 0 bridgehead atoms. The Morgan fingerprint density at radius 1 is 1.25 bits per heavy atom. The van der Waals surface area contributed by atoms with Gasteiger partial charge in [-0.3, -0.25) is 9.78 Å². The molecular weight excluding hydrogens is 324 g/mol. The molecular formula is C18H23ClN4O. The normalized spacial score (nSPS) is 10.7. The van der Waals surface area contributed by atoms with Crippen molar-refractivity contribution in [2.75, 3.05) is 32.5 Å². The Morgan fingerprint density at radius 2 is 2.04 bits per heavy atom. The van der Waals surface area contributed by atoms with E-state index in [-0.39, 0.29) is 5.91 Å². The van der Waals surface area contributed by atoms with E-state index >= 15 is 0 Å². The minimum atomic E-state index is -0.216. The lowest BCUT2D eigenvalue weighted by atomic mass is 10.2. The van der Waals surface area contributed by atoms with Crippen LogP contribution in [0.5, 0.6) is 0 Å². The highest BCUT2D eigenvalue weighted by molar-refractivity contribution is 6.31. The second kappa shape index (κ2) is 9.25. The lowest BCUT2D eigenvalue weighted by molar-refractivity contribution is 0.0946. The molecule has 1 aromatic carbocycles. The van der Waals surface area contributed by atoms with E-state index in [1.54, 1.807) is 18.3 Å². The number of nitrogens with zero attached hydrogens (tertiary/aromatic N) is 2. The third kappa shape index (κ3) is 5.83. The fraction of sp³-hybridized carbons (Fsp3) is 0.333. The fourth-order valence-electron chi connectivity index (χ4n) is 2.20. The SMILES string of the molecule is CN(C)CCCNc1ccnc(C(=O)NCc2ccccc2Cl)c1. The molecule has 2 aromatic rings. The Balaban J connectivity index is 1.88. The Morgan fingerprint density at radius 3 is 2.79 bits per heavy atom. The van der Waals surface area contributed by atoms with E-state index in [1.165, 1.54) is 0 Å². The predicted octanol–water partition coefficient (Wildman–Crippen LogP) is 3.03. The van der Waals surface area contributed by atoms with Gasteiger partial charge in [0, 0.05) is 30.0 Å². The molecule has 2 N–H and O–H groups in total. The molecule has 1 heterocycles. The van der Waals surface area contributed by atoms with Gasteiger partial charge in [0.1, 0.15) is 5.69 Å². The molecule has 0 aliphatic rings. The molecule has 0 saturated heterocycles. The van der Waals surface area contributed by atoms with Crippen molar-refractivity contribution in [2.24, 2.45) is 0 Å². The molecule has 0 aliphatic carbocycles. The molecule has 0 spiro atoms. The number of anilines is 1. The minimum absolute atomic E-state index is 0.216. The average molecular weight is 347 g/mol. The molecule has 24 heavy (non-hydrogen) atoms. The average Bonchev–Trinajstić information content (AvgIpc) is 2.58. The first-order valence-electron chi connectivity index (χ1n) is 7.92. The first-order chi connectivity index (χ1) is 11.6. The van der Waals surface area contributed by atoms with Crippen molar-refractivity contribution in [2.45, 2.75) is 13.0 Å². The van der Waals surface area contributed by atoms with E-state index in [2.05, 4.69) is 20.5 Å². The van der Waals surface area contributed by atoms with Crippen molar-refractivity contribution < 1.29 is 4.79 Å². The monoisotopic (exact) mass is 346 g/mol. The molecule has 1 aromatic heterocycles. The van der Waals surface area contributed by atoms with Crippen LogP contribution < -0.4 is 10.6 Å². The summed E-state index contributed by atoms with van der Waals surface area (Å²) >= 11 is 6.09. The van der Waals surface area contributed by atoms with E-state index < -0.39 is 0 Å². The number of halogens is 1. The zero-order valence-electron chi connectivity index (χ0n) is 14.1. The van der Waals surface area contributed by atoms with Crippen LogP contribution in [0, 0.1) is 0 Å². The zero-order valence-corrected chi connectivity index (χ0v) is 14.8. The summed E-state index contributed by atoms with van der Waals surface area (Å²) in [4.78, 5) is 18.5. The van der Waals surface area contributed by atoms with Gasteiger partial charge >= 0.3 is 0 Å². The maximum Gasteiger partial charge on any atom is 0.270 e. The second-order valence-corrected chi connectivity index (χ2v) is 6.19. The third-order valence-corrected chi connectivity index (χ3v) is 3.87. The number of benzene rings is 1. The van der Waals surface area contributed by atoms with Crippen molar-refractivity contribution in [1.29, 1.82) is 0 Å². The summed E-state index contributed by atoms with van der Waals surface area (Å²) < 4.78 is 0. The van der Waals surface area contributed by atoms with Gasteiger partial charge in [0.05, 0.1) is 0 Å². The Labute approximate surface area is 148 Å². The Kier molecular flexibility index (Phi) is 7.03. The molecule has 0 unspecified atom stereocenters. The van der Waals surface area contributed by atoms with Crippen molar-refractivity contribution in [3.8, 4) is 0 Å². The number of carbonyl (C=O) groups is 1. The molecule has 0 atom stereocenters. The van der Waals surface area contributed by atoms with Crippen LogP contribution in [0.1, 0.15) is 22.5 Å². The van der Waals surface area contributed by atoms with Crippen LogP contribution in [-0.2, 0) is 6.54 Å². The van der Waals surface area contributed by atoms with E-state index in [0.717, 1.165) is 30.8 Å². The van der Waals surface area contributed by atoms with E-state index in [4.69, 9.17) is 11.6 Å². The molecule has 0 saturated carbocycles. The second-order valence-electron chi connectivity index (χ2n) is 5.79. The number of carbonyl (C=O) groups excluding carboxylic acids is 1. The molecule has 0 fully saturated rings. The predicted molar refractivity (Wildman–Crippen MR) is 98.5 cm³/mol. The number of hydrogen-bond donors (Lipinski definition) is 2. The van der Waals surface area contributed by atoms with Gasteiger partial charge in [-0.05, 0) is 50.8 Å². The number of rotatable bonds is 8. The van der Waals surface area contributed by atoms with E-state index in [9.17, 15) is 4.79 Å². The van der Waals surface area contributed by atoms with Gasteiger partial charge in [0.2, 0.25) is 0 Å². The summed E-state index contributed by atoms with van der Waals surface area (Å²) in [5.41, 5.74) is 2.16. The van der Waals surface area contributed by atoms with Gasteiger partial charge in [0.15, 0.2) is 0 Å². The smallest absolute Gasteiger partial charge is 0.270 e. The Hall–Kier alpha value is -2.11. The van der Waals surface area contributed by atoms with Gasteiger partial charge in [-0.2, -0.15) is 0 Å². The van der Waals surface area contributed by atoms with Crippen LogP contribution in [0.3, 0.4) is 0 Å². The molecule has 5 nitrogen and oxygen atoms in total. The zero-order chi connectivity index (χ0) is 17.4. The first kappa shape index (κ1) is 18.2. The summed E-state index contributed by atoms with van der Waals surface area (Å²) in [6.07, 6.45) is 2.67. The van der Waals surface area contributed by atoms with Crippen LogP contribution in [0.4, 0.5) is 5.69 Å². The molecule has 2 rings (SSSR count). The number of amides is 1. The number of aromatic nitrogens is 1. The quantitative estimate of drug-likeness (QED) is 0.721. The van der Waals surface area contributed by atoms with Crippen LogP contribution >= 0.6 is 11.6 Å². The molecule has 6 heteroatoms. The molecule has 128 valence electrons. The summed E-state index contributed by atoms with van der Waals surface area (Å²) in [5.74, 6) is -0.216. The van der Waals surface area contributed by atoms with Crippen LogP contribution in [0.25, 0.3) is 0 Å². The molecule has 1 amide bonds. The standard InChI is InChI=1S/C18H23ClN4O/c1-23(2)11-5-9-20-15-8-10-21-17(12-15)18(24)22-13-14-6-3-4-7-16(14)19/h3-4,6-8,10,12H,5,9,11,13H2,1-2H3,(H,20,21)(H,22,24). The third-order valence-electron chi connectivity index (χ3n) is 3.50. The van der Waals surface area contributed by atoms with E-state index in [1.807, 2.05) is 38.4 Å². The largest absolute Gasteiger partial charge is 0.385 e. The maximum atomic E-state index is 12.2. The van der Waals surface area contributed by atoms with Crippen molar-refractivity contribution in [1.82, 2.24) is 15.2 Å². The highest BCUT2D eigenvalue weighted by Crippen LogP contribution is 2.14. The lowest BCUT2D eigenvalue weighted by Gasteiger charge is -2.11. The summed E-state index contributed by atoms with van der Waals surface area (Å²) in [5, 5.41) is 6.80. The van der Waals surface area contributed by atoms with Crippen molar-refractivity contribution in [3.63, 3.8) is 0 Å². The van der Waals surface area contributed by atoms with Gasteiger partial charge in [0.25, 0.3) is 5.91 Å². The van der Waals surface area contributed by atoms with Gasteiger partial charge in [-0.1, -0.05) is 29.8 Å². The molecule has 0 radical (unpaired) electrons. The van der Waals surface area contributed by atoms with Crippen LogP contribution in [-0.4, -0.2) is 43.0 Å². The highest BCUT2D eigenvalue weighted by Gasteiger charge is 2.08. The van der Waals surface area contributed by atoms with Gasteiger partial charge in [-0.15, -0.1) is 0 Å². The van der Waals surface area contributed by atoms with Crippen molar-refractivity contribution >= 4 is 23.2 Å². The minimum Gasteiger partial charge on any atom is -0.385 e. The van der Waals surface area contributed by atoms with Crippen LogP contribution in [0.15, 0.2) is 42.6 Å². The topological polar surface area (TPSA) is 57.3 Å². The number of hydrogen-bond acceptors (Lipinski definition) is 4. The number of pyridine rings is 1. The summed E-state index contributed by atoms with van der Waals surface area (Å²) in [6, 6.07) is 11.1. The van der Waals surface area contributed by atoms with Crippen molar-refractivity contribution in [3.05, 3.63) is 58.9 Å². The summed E-state index contributed by atoms with van der Waals surface area (Å²) in [6.45, 7) is 2.24. The van der Waals surface area contributed by atoms with Gasteiger partial charge < -0.3 is 15.5 Å². The summed E-state index contributed by atoms with van der Waals surface area (Å²) in [7, 11) is 4.10.